The molecule has 31 heavy (non-hydrogen) atoms. The minimum atomic E-state index is -0.123. The van der Waals surface area contributed by atoms with Crippen LogP contribution in [-0.2, 0) is 4.79 Å². The number of carbonyl (C=O) groups is 2. The van der Waals surface area contributed by atoms with Gasteiger partial charge < -0.3 is 14.5 Å². The Hall–Kier alpha value is -3.32. The van der Waals surface area contributed by atoms with Crippen LogP contribution >= 0.6 is 11.6 Å². The number of piperazine rings is 1. The molecule has 0 spiro atoms. The van der Waals surface area contributed by atoms with Crippen LogP contribution in [0, 0.1) is 6.92 Å². The molecule has 7 nitrogen and oxygen atoms in total. The van der Waals surface area contributed by atoms with E-state index in [0.29, 0.717) is 42.6 Å². The summed E-state index contributed by atoms with van der Waals surface area (Å²) in [6, 6.07) is 18.4. The molecule has 0 aliphatic carbocycles. The van der Waals surface area contributed by atoms with E-state index in [9.17, 15) is 9.59 Å². The van der Waals surface area contributed by atoms with Crippen LogP contribution in [0.2, 0.25) is 5.02 Å². The van der Waals surface area contributed by atoms with Crippen LogP contribution in [0.15, 0.2) is 60.7 Å². The van der Waals surface area contributed by atoms with Crippen molar-refractivity contribution in [1.82, 2.24) is 19.6 Å². The molecule has 1 aliphatic rings. The summed E-state index contributed by atoms with van der Waals surface area (Å²) >= 11 is 5.85. The van der Waals surface area contributed by atoms with Crippen LogP contribution in [0.5, 0.6) is 5.75 Å². The topological polar surface area (TPSA) is 67.7 Å². The Morgan fingerprint density at radius 3 is 2.29 bits per heavy atom. The summed E-state index contributed by atoms with van der Waals surface area (Å²) in [6.07, 6.45) is 0. The summed E-state index contributed by atoms with van der Waals surface area (Å²) in [5.41, 5.74) is 2.21. The van der Waals surface area contributed by atoms with Crippen molar-refractivity contribution >= 4 is 23.4 Å². The molecule has 160 valence electrons. The van der Waals surface area contributed by atoms with Gasteiger partial charge in [-0.15, -0.1) is 0 Å². The summed E-state index contributed by atoms with van der Waals surface area (Å²) in [7, 11) is 0. The largest absolute Gasteiger partial charge is 0.484 e. The number of hydrogen-bond donors (Lipinski definition) is 0. The van der Waals surface area contributed by atoms with Gasteiger partial charge in [0.2, 0.25) is 0 Å². The summed E-state index contributed by atoms with van der Waals surface area (Å²) in [5, 5.41) is 5.11. The Balaban J connectivity index is 1.32. The second-order valence-electron chi connectivity index (χ2n) is 7.33. The fourth-order valence-corrected chi connectivity index (χ4v) is 3.62. The average molecular weight is 439 g/mol. The quantitative estimate of drug-likeness (QED) is 0.613. The highest BCUT2D eigenvalue weighted by Gasteiger charge is 2.26. The zero-order valence-corrected chi connectivity index (χ0v) is 18.0. The first-order chi connectivity index (χ1) is 15.0. The van der Waals surface area contributed by atoms with E-state index in [2.05, 4.69) is 5.10 Å². The van der Waals surface area contributed by atoms with Crippen LogP contribution in [-0.4, -0.2) is 64.2 Å². The Morgan fingerprint density at radius 2 is 1.61 bits per heavy atom. The van der Waals surface area contributed by atoms with E-state index in [4.69, 9.17) is 16.3 Å². The molecule has 1 saturated heterocycles. The second kappa shape index (κ2) is 9.22. The minimum absolute atomic E-state index is 0.0454. The minimum Gasteiger partial charge on any atom is -0.484 e. The van der Waals surface area contributed by atoms with Crippen LogP contribution in [0.4, 0.5) is 0 Å². The van der Waals surface area contributed by atoms with Crippen molar-refractivity contribution < 1.29 is 14.3 Å². The van der Waals surface area contributed by atoms with E-state index in [1.165, 1.54) is 0 Å². The van der Waals surface area contributed by atoms with E-state index in [0.717, 1.165) is 11.4 Å². The second-order valence-corrected chi connectivity index (χ2v) is 7.77. The standard InChI is InChI=1S/C23H23ClN4O3/c1-17-15-21(25-28(17)19-5-3-2-4-6-19)23(30)27-13-11-26(12-14-27)22(29)16-31-20-9-7-18(24)8-10-20/h2-10,15H,11-14,16H2,1H3. The van der Waals surface area contributed by atoms with Gasteiger partial charge in [-0.25, -0.2) is 4.68 Å². The lowest BCUT2D eigenvalue weighted by Gasteiger charge is -2.34. The molecule has 1 aromatic heterocycles. The van der Waals surface area contributed by atoms with E-state index in [1.807, 2.05) is 37.3 Å². The first kappa shape index (κ1) is 20.9. The smallest absolute Gasteiger partial charge is 0.274 e. The molecule has 1 aliphatic heterocycles. The summed E-state index contributed by atoms with van der Waals surface area (Å²) in [4.78, 5) is 28.8. The first-order valence-electron chi connectivity index (χ1n) is 10.1. The van der Waals surface area contributed by atoms with Crippen molar-refractivity contribution in [2.75, 3.05) is 32.8 Å². The van der Waals surface area contributed by atoms with Crippen LogP contribution in [0.25, 0.3) is 5.69 Å². The van der Waals surface area contributed by atoms with Crippen molar-refractivity contribution in [2.24, 2.45) is 0 Å². The fourth-order valence-electron chi connectivity index (χ4n) is 3.50. The van der Waals surface area contributed by atoms with Crippen molar-refractivity contribution in [1.29, 1.82) is 0 Å². The highest BCUT2D eigenvalue weighted by Crippen LogP contribution is 2.17. The third-order valence-electron chi connectivity index (χ3n) is 5.20. The Kier molecular flexibility index (Phi) is 6.23. The molecule has 4 rings (SSSR count). The Morgan fingerprint density at radius 1 is 0.968 bits per heavy atom. The molecule has 0 atom stereocenters. The number of hydrogen-bond acceptors (Lipinski definition) is 4. The van der Waals surface area contributed by atoms with Crippen molar-refractivity contribution in [3.8, 4) is 11.4 Å². The highest BCUT2D eigenvalue weighted by molar-refractivity contribution is 6.30. The van der Waals surface area contributed by atoms with Gasteiger partial charge in [-0.05, 0) is 49.4 Å². The number of carbonyl (C=O) groups excluding carboxylic acids is 2. The van der Waals surface area contributed by atoms with E-state index >= 15 is 0 Å². The van der Waals surface area contributed by atoms with Gasteiger partial charge in [0.15, 0.2) is 12.3 Å². The number of para-hydroxylation sites is 1. The van der Waals surface area contributed by atoms with Gasteiger partial charge in [0.25, 0.3) is 11.8 Å². The van der Waals surface area contributed by atoms with Crippen LogP contribution < -0.4 is 4.74 Å². The lowest BCUT2D eigenvalue weighted by molar-refractivity contribution is -0.134. The average Bonchev–Trinajstić information content (AvgIpc) is 3.20. The van der Waals surface area contributed by atoms with E-state index in [1.54, 1.807) is 44.8 Å². The summed E-state index contributed by atoms with van der Waals surface area (Å²) in [6.45, 7) is 3.73. The monoisotopic (exact) mass is 438 g/mol. The number of amides is 2. The first-order valence-corrected chi connectivity index (χ1v) is 10.5. The number of aryl methyl sites for hydroxylation is 1. The Bertz CT molecular complexity index is 1060. The molecule has 2 aromatic carbocycles. The maximum absolute atomic E-state index is 12.9. The maximum atomic E-state index is 12.9. The summed E-state index contributed by atoms with van der Waals surface area (Å²) < 4.78 is 7.30. The van der Waals surface area contributed by atoms with Crippen LogP contribution in [0.3, 0.4) is 0 Å². The zero-order valence-electron chi connectivity index (χ0n) is 17.2. The number of benzene rings is 2. The number of rotatable bonds is 5. The molecule has 2 heterocycles. The Labute approximate surface area is 185 Å². The van der Waals surface area contributed by atoms with Crippen molar-refractivity contribution in [3.05, 3.63) is 77.1 Å². The van der Waals surface area contributed by atoms with E-state index < -0.39 is 0 Å². The molecule has 3 aromatic rings. The number of nitrogens with zero attached hydrogens (tertiary/aromatic N) is 4. The van der Waals surface area contributed by atoms with Crippen LogP contribution in [0.1, 0.15) is 16.2 Å². The summed E-state index contributed by atoms with van der Waals surface area (Å²) in [5.74, 6) is 0.365. The third-order valence-corrected chi connectivity index (χ3v) is 5.45. The van der Waals surface area contributed by atoms with Gasteiger partial charge in [0.05, 0.1) is 5.69 Å². The molecular formula is C23H23ClN4O3. The lowest BCUT2D eigenvalue weighted by atomic mass is 10.2. The molecule has 0 bridgehead atoms. The molecule has 0 radical (unpaired) electrons. The molecular weight excluding hydrogens is 416 g/mol. The normalized spacial score (nSPS) is 13.9. The molecule has 0 saturated carbocycles. The van der Waals surface area contributed by atoms with Gasteiger partial charge in [-0.1, -0.05) is 29.8 Å². The highest BCUT2D eigenvalue weighted by atomic mass is 35.5. The fraction of sp³-hybridized carbons (Fsp3) is 0.261. The van der Waals surface area contributed by atoms with Gasteiger partial charge in [0, 0.05) is 36.9 Å². The molecule has 1 fully saturated rings. The predicted molar refractivity (Wildman–Crippen MR) is 118 cm³/mol. The van der Waals surface area contributed by atoms with Gasteiger partial charge in [-0.2, -0.15) is 5.10 Å². The molecule has 2 amide bonds. The van der Waals surface area contributed by atoms with Gasteiger partial charge in [-0.3, -0.25) is 9.59 Å². The SMILES string of the molecule is Cc1cc(C(=O)N2CCN(C(=O)COc3ccc(Cl)cc3)CC2)nn1-c1ccccc1. The van der Waals surface area contributed by atoms with Gasteiger partial charge in [0.1, 0.15) is 5.75 Å². The maximum Gasteiger partial charge on any atom is 0.274 e. The number of halogens is 1. The van der Waals surface area contributed by atoms with Crippen molar-refractivity contribution in [2.45, 2.75) is 6.92 Å². The molecule has 0 unspecified atom stereocenters. The number of aromatic nitrogens is 2. The lowest BCUT2D eigenvalue weighted by Crippen LogP contribution is -2.51. The third kappa shape index (κ3) is 4.88. The zero-order chi connectivity index (χ0) is 21.8. The molecule has 8 heteroatoms. The molecule has 0 N–H and O–H groups in total. The number of ether oxygens (including phenoxy) is 1. The van der Waals surface area contributed by atoms with E-state index in [-0.39, 0.29) is 18.4 Å². The van der Waals surface area contributed by atoms with Gasteiger partial charge >= 0.3 is 0 Å². The predicted octanol–water partition coefficient (Wildman–Crippen LogP) is 3.20. The van der Waals surface area contributed by atoms with Crippen molar-refractivity contribution in [3.63, 3.8) is 0 Å².